The van der Waals surface area contributed by atoms with E-state index < -0.39 is 5.82 Å². The van der Waals surface area contributed by atoms with E-state index in [2.05, 4.69) is 20.9 Å². The van der Waals surface area contributed by atoms with Crippen molar-refractivity contribution < 1.29 is 13.9 Å². The van der Waals surface area contributed by atoms with Crippen LogP contribution in [-0.2, 0) is 11.3 Å². The molecule has 2 aromatic heterocycles. The van der Waals surface area contributed by atoms with E-state index >= 15 is 0 Å². The Balaban J connectivity index is 1.31. The van der Waals surface area contributed by atoms with Gasteiger partial charge in [0.25, 0.3) is 5.88 Å². The highest BCUT2D eigenvalue weighted by Gasteiger charge is 2.43. The molecule has 2 fully saturated rings. The molecule has 25 heavy (non-hydrogen) atoms. The molecular formula is C19H22FN3O2. The number of pyridine rings is 2. The van der Waals surface area contributed by atoms with E-state index in [1.807, 2.05) is 12.3 Å². The molecule has 2 saturated heterocycles. The standard InChI is InChI=1S/C19H22FN3O2/c20-17-4-2-8-22-18(17)25-16-11-19(24-14-16)5-9-23(10-6-19)13-15-3-1-7-21-12-15/h1-4,7-8,12,16H,5-6,9-11,13-14H2/t16-/m0/s1. The van der Waals surface area contributed by atoms with E-state index in [1.54, 1.807) is 18.5 Å². The van der Waals surface area contributed by atoms with Gasteiger partial charge in [0.1, 0.15) is 6.10 Å². The summed E-state index contributed by atoms with van der Waals surface area (Å²) in [5, 5.41) is 0. The van der Waals surface area contributed by atoms with Crippen molar-refractivity contribution in [1.82, 2.24) is 14.9 Å². The van der Waals surface area contributed by atoms with Crippen LogP contribution >= 0.6 is 0 Å². The lowest BCUT2D eigenvalue weighted by atomic mass is 9.88. The van der Waals surface area contributed by atoms with Gasteiger partial charge in [0.2, 0.25) is 0 Å². The smallest absolute Gasteiger partial charge is 0.250 e. The lowest BCUT2D eigenvalue weighted by molar-refractivity contribution is -0.0455. The summed E-state index contributed by atoms with van der Waals surface area (Å²) in [7, 11) is 0. The molecule has 0 N–H and O–H groups in total. The third kappa shape index (κ3) is 3.80. The van der Waals surface area contributed by atoms with Gasteiger partial charge in [-0.15, -0.1) is 0 Å². The van der Waals surface area contributed by atoms with Crippen molar-refractivity contribution in [3.05, 3.63) is 54.2 Å². The first kappa shape index (κ1) is 16.4. The molecule has 2 aromatic rings. The number of ether oxygens (including phenoxy) is 2. The predicted octanol–water partition coefficient (Wildman–Crippen LogP) is 2.82. The minimum Gasteiger partial charge on any atom is -0.470 e. The maximum Gasteiger partial charge on any atom is 0.250 e. The highest BCUT2D eigenvalue weighted by atomic mass is 19.1. The van der Waals surface area contributed by atoms with Gasteiger partial charge in [-0.05, 0) is 36.6 Å². The molecule has 4 rings (SSSR count). The van der Waals surface area contributed by atoms with Crippen LogP contribution in [0.3, 0.4) is 0 Å². The van der Waals surface area contributed by atoms with Gasteiger partial charge in [0, 0.05) is 44.6 Å². The van der Waals surface area contributed by atoms with Gasteiger partial charge < -0.3 is 9.47 Å². The molecule has 6 heteroatoms. The summed E-state index contributed by atoms with van der Waals surface area (Å²) >= 11 is 0. The van der Waals surface area contributed by atoms with Gasteiger partial charge in [-0.1, -0.05) is 6.07 Å². The maximum atomic E-state index is 13.7. The first-order valence-corrected chi connectivity index (χ1v) is 8.75. The zero-order valence-electron chi connectivity index (χ0n) is 14.1. The van der Waals surface area contributed by atoms with Crippen molar-refractivity contribution in [3.8, 4) is 5.88 Å². The van der Waals surface area contributed by atoms with Crippen molar-refractivity contribution in [2.45, 2.75) is 37.5 Å². The monoisotopic (exact) mass is 343 g/mol. The molecule has 0 aliphatic carbocycles. The molecule has 2 aliphatic heterocycles. The number of hydrogen-bond donors (Lipinski definition) is 0. The Morgan fingerprint density at radius 1 is 1.24 bits per heavy atom. The topological polar surface area (TPSA) is 47.5 Å². The summed E-state index contributed by atoms with van der Waals surface area (Å²) in [6, 6.07) is 7.01. The molecule has 0 aromatic carbocycles. The quantitative estimate of drug-likeness (QED) is 0.854. The fraction of sp³-hybridized carbons (Fsp3) is 0.474. The van der Waals surface area contributed by atoms with Crippen molar-refractivity contribution in [1.29, 1.82) is 0 Å². The lowest BCUT2D eigenvalue weighted by Crippen LogP contribution is -2.44. The molecule has 0 amide bonds. The van der Waals surface area contributed by atoms with Crippen LogP contribution < -0.4 is 4.74 Å². The molecule has 0 bridgehead atoms. The van der Waals surface area contributed by atoms with Gasteiger partial charge in [-0.3, -0.25) is 9.88 Å². The number of hydrogen-bond acceptors (Lipinski definition) is 5. The second kappa shape index (κ2) is 7.06. The minimum absolute atomic E-state index is 0.0714. The highest BCUT2D eigenvalue weighted by Crippen LogP contribution is 2.37. The average Bonchev–Trinajstić information content (AvgIpc) is 3.03. The largest absolute Gasteiger partial charge is 0.470 e. The number of halogens is 1. The fourth-order valence-electron chi connectivity index (χ4n) is 3.71. The number of nitrogens with zero attached hydrogens (tertiary/aromatic N) is 3. The number of aromatic nitrogens is 2. The molecular weight excluding hydrogens is 321 g/mol. The Bertz CT molecular complexity index is 705. The summed E-state index contributed by atoms with van der Waals surface area (Å²) in [4.78, 5) is 10.6. The van der Waals surface area contributed by atoms with Crippen molar-refractivity contribution in [2.75, 3.05) is 19.7 Å². The summed E-state index contributed by atoms with van der Waals surface area (Å²) < 4.78 is 25.5. The van der Waals surface area contributed by atoms with Crippen LogP contribution in [0.2, 0.25) is 0 Å². The Kier molecular flexibility index (Phi) is 4.63. The van der Waals surface area contributed by atoms with Gasteiger partial charge in [0.15, 0.2) is 5.82 Å². The van der Waals surface area contributed by atoms with E-state index in [-0.39, 0.29) is 17.6 Å². The van der Waals surface area contributed by atoms with Gasteiger partial charge in [0.05, 0.1) is 12.2 Å². The van der Waals surface area contributed by atoms with Crippen molar-refractivity contribution >= 4 is 0 Å². The molecule has 0 unspecified atom stereocenters. The van der Waals surface area contributed by atoms with E-state index in [1.165, 1.54) is 11.6 Å². The van der Waals surface area contributed by atoms with Crippen LogP contribution in [0.5, 0.6) is 5.88 Å². The Morgan fingerprint density at radius 3 is 2.84 bits per heavy atom. The summed E-state index contributed by atoms with van der Waals surface area (Å²) in [5.74, 6) is -0.350. The van der Waals surface area contributed by atoms with Crippen LogP contribution in [0.15, 0.2) is 42.9 Å². The van der Waals surface area contributed by atoms with Crippen molar-refractivity contribution in [3.63, 3.8) is 0 Å². The molecule has 2 aliphatic rings. The molecule has 0 saturated carbocycles. The normalized spacial score (nSPS) is 23.0. The highest BCUT2D eigenvalue weighted by molar-refractivity contribution is 5.14. The van der Waals surface area contributed by atoms with Crippen LogP contribution in [0.1, 0.15) is 24.8 Å². The number of likely N-dealkylation sites (tertiary alicyclic amines) is 1. The van der Waals surface area contributed by atoms with E-state index in [4.69, 9.17) is 9.47 Å². The third-order valence-corrected chi connectivity index (χ3v) is 5.07. The van der Waals surface area contributed by atoms with E-state index in [0.717, 1.165) is 38.9 Å². The summed E-state index contributed by atoms with van der Waals surface area (Å²) in [5.41, 5.74) is 1.10. The van der Waals surface area contributed by atoms with Gasteiger partial charge >= 0.3 is 0 Å². The third-order valence-electron chi connectivity index (χ3n) is 5.07. The second-order valence-electron chi connectivity index (χ2n) is 6.87. The molecule has 4 heterocycles. The lowest BCUT2D eigenvalue weighted by Gasteiger charge is -2.38. The molecule has 132 valence electrons. The SMILES string of the molecule is Fc1cccnc1O[C@@H]1COC2(CCN(Cc3cccnc3)CC2)C1. The molecule has 5 nitrogen and oxygen atoms in total. The zero-order chi connectivity index (χ0) is 17.1. The van der Waals surface area contributed by atoms with Gasteiger partial charge in [-0.25, -0.2) is 9.37 Å². The fourth-order valence-corrected chi connectivity index (χ4v) is 3.71. The van der Waals surface area contributed by atoms with E-state index in [9.17, 15) is 4.39 Å². The van der Waals surface area contributed by atoms with Crippen molar-refractivity contribution in [2.24, 2.45) is 0 Å². The minimum atomic E-state index is -0.422. The second-order valence-corrected chi connectivity index (χ2v) is 6.87. The zero-order valence-corrected chi connectivity index (χ0v) is 14.1. The summed E-state index contributed by atoms with van der Waals surface area (Å²) in [6.07, 6.45) is 7.86. The molecule has 1 spiro atoms. The Morgan fingerprint density at radius 2 is 2.08 bits per heavy atom. The Labute approximate surface area is 146 Å². The maximum absolute atomic E-state index is 13.7. The van der Waals surface area contributed by atoms with Gasteiger partial charge in [-0.2, -0.15) is 0 Å². The van der Waals surface area contributed by atoms with E-state index in [0.29, 0.717) is 6.61 Å². The number of piperidine rings is 1. The van der Waals surface area contributed by atoms with Crippen LogP contribution in [0.4, 0.5) is 4.39 Å². The first-order chi connectivity index (χ1) is 12.2. The number of rotatable bonds is 4. The summed E-state index contributed by atoms with van der Waals surface area (Å²) in [6.45, 7) is 3.39. The van der Waals surface area contributed by atoms with Crippen LogP contribution in [0, 0.1) is 5.82 Å². The predicted molar refractivity (Wildman–Crippen MR) is 90.7 cm³/mol. The molecule has 1 atom stereocenters. The first-order valence-electron chi connectivity index (χ1n) is 8.75. The molecule has 0 radical (unpaired) electrons. The van der Waals surface area contributed by atoms with Crippen LogP contribution in [-0.4, -0.2) is 46.3 Å². The Hall–Kier alpha value is -2.05. The average molecular weight is 343 g/mol. The van der Waals surface area contributed by atoms with Crippen LogP contribution in [0.25, 0.3) is 0 Å².